The fraction of sp³-hybridized carbons (Fsp3) is 0.480. The maximum absolute atomic E-state index is 13.4. The molecule has 3 aromatic heterocycles. The fourth-order valence-corrected chi connectivity index (χ4v) is 4.54. The van der Waals surface area contributed by atoms with Crippen LogP contribution in [0.1, 0.15) is 51.9 Å². The Hall–Kier alpha value is -2.97. The number of aryl methyl sites for hydroxylation is 1. The largest absolute Gasteiger partial charge is 0.382 e. The number of ether oxygens (including phenoxy) is 2. The van der Waals surface area contributed by atoms with E-state index < -0.39 is 0 Å². The second kappa shape index (κ2) is 10.8. The van der Waals surface area contributed by atoms with E-state index in [1.807, 2.05) is 42.4 Å². The van der Waals surface area contributed by atoms with Gasteiger partial charge in [0.25, 0.3) is 5.91 Å². The molecule has 8 nitrogen and oxygen atoms in total. The number of carbonyl (C=O) groups excluding carboxylic acids is 1. The molecule has 0 radical (unpaired) electrons. The molecule has 0 atom stereocenters. The van der Waals surface area contributed by atoms with Crippen molar-refractivity contribution >= 4 is 5.91 Å². The Morgan fingerprint density at radius 3 is 2.61 bits per heavy atom. The number of aromatic nitrogens is 4. The molecule has 176 valence electrons. The summed E-state index contributed by atoms with van der Waals surface area (Å²) in [5, 5.41) is 0. The van der Waals surface area contributed by atoms with Crippen LogP contribution in [0, 0.1) is 13.8 Å². The van der Waals surface area contributed by atoms with Gasteiger partial charge >= 0.3 is 0 Å². The lowest BCUT2D eigenvalue weighted by molar-refractivity contribution is 0.0318. The van der Waals surface area contributed by atoms with Crippen molar-refractivity contribution in [1.29, 1.82) is 0 Å². The monoisotopic (exact) mass is 451 g/mol. The fourth-order valence-electron chi connectivity index (χ4n) is 4.54. The van der Waals surface area contributed by atoms with Crippen molar-refractivity contribution in [2.45, 2.75) is 45.9 Å². The number of methoxy groups -OCH3 is 1. The van der Waals surface area contributed by atoms with Gasteiger partial charge in [-0.05, 0) is 50.5 Å². The number of nitrogens with zero attached hydrogens (tertiary/aromatic N) is 5. The maximum Gasteiger partial charge on any atom is 0.255 e. The maximum atomic E-state index is 13.4. The molecule has 1 fully saturated rings. The Labute approximate surface area is 195 Å². The molecule has 0 N–H and O–H groups in total. The molecule has 1 saturated heterocycles. The minimum Gasteiger partial charge on any atom is -0.382 e. The Morgan fingerprint density at radius 2 is 1.88 bits per heavy atom. The first-order valence-corrected chi connectivity index (χ1v) is 11.5. The number of imidazole rings is 1. The molecule has 0 unspecified atom stereocenters. The third kappa shape index (κ3) is 5.34. The van der Waals surface area contributed by atoms with Crippen molar-refractivity contribution < 1.29 is 14.3 Å². The van der Waals surface area contributed by atoms with E-state index in [1.54, 1.807) is 19.5 Å². The zero-order valence-electron chi connectivity index (χ0n) is 19.7. The van der Waals surface area contributed by atoms with Crippen LogP contribution in [0.5, 0.6) is 0 Å². The molecule has 8 heteroatoms. The van der Waals surface area contributed by atoms with E-state index in [1.165, 1.54) is 5.56 Å². The second-order valence-electron chi connectivity index (χ2n) is 8.58. The predicted molar refractivity (Wildman–Crippen MR) is 125 cm³/mol. The van der Waals surface area contributed by atoms with E-state index in [4.69, 9.17) is 9.47 Å². The lowest BCUT2D eigenvalue weighted by Gasteiger charge is -2.32. The lowest BCUT2D eigenvalue weighted by atomic mass is 9.95. The summed E-state index contributed by atoms with van der Waals surface area (Å²) in [6.07, 6.45) is 9.18. The van der Waals surface area contributed by atoms with E-state index >= 15 is 0 Å². The molecule has 33 heavy (non-hydrogen) atoms. The smallest absolute Gasteiger partial charge is 0.255 e. The SMILES string of the molecule is COCCOCn1ccnc1C1CCN(C(=O)c2cc(C)n(Cc3ccncc3)c2C)CC1. The molecular weight excluding hydrogens is 418 g/mol. The van der Waals surface area contributed by atoms with Gasteiger partial charge in [-0.2, -0.15) is 0 Å². The number of piperidine rings is 1. The Balaban J connectivity index is 1.38. The van der Waals surface area contributed by atoms with Crippen LogP contribution in [0.25, 0.3) is 0 Å². The third-order valence-electron chi connectivity index (χ3n) is 6.45. The second-order valence-corrected chi connectivity index (χ2v) is 8.58. The van der Waals surface area contributed by atoms with Crippen molar-refractivity contribution in [2.75, 3.05) is 33.4 Å². The van der Waals surface area contributed by atoms with E-state index in [9.17, 15) is 4.79 Å². The van der Waals surface area contributed by atoms with Gasteiger partial charge in [0.15, 0.2) is 0 Å². The number of likely N-dealkylation sites (tertiary alicyclic amines) is 1. The van der Waals surface area contributed by atoms with Gasteiger partial charge in [0.2, 0.25) is 0 Å². The minimum absolute atomic E-state index is 0.119. The molecular formula is C25H33N5O3. The van der Waals surface area contributed by atoms with Crippen LogP contribution < -0.4 is 0 Å². The number of amides is 1. The van der Waals surface area contributed by atoms with Gasteiger partial charge in [-0.15, -0.1) is 0 Å². The molecule has 1 amide bonds. The first kappa shape index (κ1) is 23.2. The molecule has 4 rings (SSSR count). The first-order valence-electron chi connectivity index (χ1n) is 11.5. The van der Waals surface area contributed by atoms with Gasteiger partial charge in [-0.25, -0.2) is 4.98 Å². The van der Waals surface area contributed by atoms with Crippen molar-refractivity contribution in [3.8, 4) is 0 Å². The number of rotatable bonds is 9. The van der Waals surface area contributed by atoms with Crippen LogP contribution in [0.2, 0.25) is 0 Å². The number of hydrogen-bond donors (Lipinski definition) is 0. The zero-order chi connectivity index (χ0) is 23.2. The molecule has 0 spiro atoms. The highest BCUT2D eigenvalue weighted by Crippen LogP contribution is 2.28. The molecule has 0 saturated carbocycles. The van der Waals surface area contributed by atoms with Crippen LogP contribution in [-0.2, 0) is 22.7 Å². The van der Waals surface area contributed by atoms with Crippen molar-refractivity contribution in [2.24, 2.45) is 0 Å². The van der Waals surface area contributed by atoms with Gasteiger partial charge in [-0.1, -0.05) is 0 Å². The van der Waals surface area contributed by atoms with E-state index in [-0.39, 0.29) is 5.91 Å². The molecule has 1 aliphatic rings. The highest BCUT2D eigenvalue weighted by Gasteiger charge is 2.28. The highest BCUT2D eigenvalue weighted by atomic mass is 16.5. The van der Waals surface area contributed by atoms with Gasteiger partial charge in [-0.3, -0.25) is 9.78 Å². The topological polar surface area (TPSA) is 74.4 Å². The number of hydrogen-bond acceptors (Lipinski definition) is 5. The van der Waals surface area contributed by atoms with Crippen molar-refractivity contribution in [3.63, 3.8) is 0 Å². The molecule has 3 aromatic rings. The third-order valence-corrected chi connectivity index (χ3v) is 6.45. The Bertz CT molecular complexity index is 1050. The Kier molecular flexibility index (Phi) is 7.57. The highest BCUT2D eigenvalue weighted by molar-refractivity contribution is 5.95. The van der Waals surface area contributed by atoms with Crippen molar-refractivity contribution in [3.05, 3.63) is 71.3 Å². The minimum atomic E-state index is 0.119. The van der Waals surface area contributed by atoms with Crippen LogP contribution in [-0.4, -0.2) is 63.3 Å². The summed E-state index contributed by atoms with van der Waals surface area (Å²) in [6.45, 7) is 7.91. The lowest BCUT2D eigenvalue weighted by Crippen LogP contribution is -2.38. The van der Waals surface area contributed by atoms with Crippen LogP contribution in [0.15, 0.2) is 43.0 Å². The van der Waals surface area contributed by atoms with Crippen LogP contribution >= 0.6 is 0 Å². The summed E-state index contributed by atoms with van der Waals surface area (Å²) in [6, 6.07) is 6.05. The van der Waals surface area contributed by atoms with Gasteiger partial charge in [0.05, 0.1) is 18.8 Å². The average Bonchev–Trinajstić information content (AvgIpc) is 3.42. The van der Waals surface area contributed by atoms with Gasteiger partial charge < -0.3 is 23.5 Å². The predicted octanol–water partition coefficient (Wildman–Crippen LogP) is 3.39. The summed E-state index contributed by atoms with van der Waals surface area (Å²) in [5.41, 5.74) is 4.08. The van der Waals surface area contributed by atoms with Crippen molar-refractivity contribution in [1.82, 2.24) is 24.0 Å². The van der Waals surface area contributed by atoms with Crippen LogP contribution in [0.3, 0.4) is 0 Å². The Morgan fingerprint density at radius 1 is 1.12 bits per heavy atom. The van der Waals surface area contributed by atoms with E-state index in [2.05, 4.69) is 26.0 Å². The normalized spacial score (nSPS) is 14.7. The average molecular weight is 452 g/mol. The number of pyridine rings is 1. The quantitative estimate of drug-likeness (QED) is 0.466. The zero-order valence-corrected chi connectivity index (χ0v) is 19.7. The number of carbonyl (C=O) groups is 1. The molecule has 0 bridgehead atoms. The molecule has 0 aromatic carbocycles. The molecule has 4 heterocycles. The summed E-state index contributed by atoms with van der Waals surface area (Å²) < 4.78 is 15.0. The standard InChI is InChI=1S/C25H33N5O3/c1-19-16-23(20(2)30(19)17-21-4-8-26-9-5-21)25(31)28-11-6-22(7-12-28)24-27-10-13-29(24)18-33-15-14-32-3/h4-5,8-10,13,16,22H,6-7,11-12,14-15,17-18H2,1-3H3. The van der Waals surface area contributed by atoms with E-state index in [0.717, 1.165) is 55.3 Å². The molecule has 1 aliphatic heterocycles. The van der Waals surface area contributed by atoms with Crippen LogP contribution in [0.4, 0.5) is 0 Å². The van der Waals surface area contributed by atoms with E-state index in [0.29, 0.717) is 25.9 Å². The first-order chi connectivity index (χ1) is 16.1. The summed E-state index contributed by atoms with van der Waals surface area (Å²) >= 11 is 0. The summed E-state index contributed by atoms with van der Waals surface area (Å²) in [4.78, 5) is 24.0. The summed E-state index contributed by atoms with van der Waals surface area (Å²) in [7, 11) is 1.67. The summed E-state index contributed by atoms with van der Waals surface area (Å²) in [5.74, 6) is 1.48. The molecule has 0 aliphatic carbocycles. The van der Waals surface area contributed by atoms with Gasteiger partial charge in [0.1, 0.15) is 12.6 Å². The van der Waals surface area contributed by atoms with Gasteiger partial charge in [0, 0.05) is 68.8 Å².